The molecule has 15 heavy (non-hydrogen) atoms. The molecule has 5 nitrogen and oxygen atoms in total. The first-order chi connectivity index (χ1) is 7.27. The average molecular weight is 203 g/mol. The summed E-state index contributed by atoms with van der Waals surface area (Å²) in [4.78, 5) is 4.24. The van der Waals surface area contributed by atoms with Gasteiger partial charge < -0.3 is 9.84 Å². The van der Waals surface area contributed by atoms with Gasteiger partial charge in [0, 0.05) is 11.3 Å². The fourth-order valence-electron chi connectivity index (χ4n) is 2.45. The van der Waals surface area contributed by atoms with Gasteiger partial charge in [-0.05, 0) is 13.0 Å². The number of aliphatic hydroxyl groups is 1. The topological polar surface area (TPSA) is 63.0 Å². The van der Waals surface area contributed by atoms with Gasteiger partial charge in [-0.15, -0.1) is 0 Å². The number of hydrogen-bond acceptors (Lipinski definition) is 4. The van der Waals surface area contributed by atoms with Crippen LogP contribution in [0.25, 0.3) is 5.52 Å². The number of fused-ring (bicyclic) bond motifs is 2. The lowest BCUT2D eigenvalue weighted by molar-refractivity contribution is 0.138. The molecule has 2 aliphatic rings. The van der Waals surface area contributed by atoms with Crippen molar-refractivity contribution in [3.8, 4) is 0 Å². The maximum atomic E-state index is 10.0. The Bertz CT molecular complexity index is 577. The molecule has 1 N–H and O–H groups in total. The summed E-state index contributed by atoms with van der Waals surface area (Å²) in [5.41, 5.74) is 3.73. The van der Waals surface area contributed by atoms with E-state index >= 15 is 0 Å². The molecule has 1 saturated heterocycles. The summed E-state index contributed by atoms with van der Waals surface area (Å²) in [6, 6.07) is 1.95. The molecule has 2 aromatic heterocycles. The molecule has 2 aromatic rings. The number of epoxide rings is 1. The minimum atomic E-state index is -0.530. The highest BCUT2D eigenvalue weighted by Gasteiger charge is 2.52. The molecule has 76 valence electrons. The van der Waals surface area contributed by atoms with Gasteiger partial charge in [-0.1, -0.05) is 0 Å². The van der Waals surface area contributed by atoms with E-state index in [9.17, 15) is 5.11 Å². The van der Waals surface area contributed by atoms with E-state index in [1.54, 1.807) is 0 Å². The van der Waals surface area contributed by atoms with E-state index in [2.05, 4.69) is 10.1 Å². The third kappa shape index (κ3) is 0.770. The molecule has 1 aliphatic carbocycles. The van der Waals surface area contributed by atoms with Crippen LogP contribution in [0.2, 0.25) is 0 Å². The Balaban J connectivity index is 2.20. The predicted octanol–water partition coefficient (Wildman–Crippen LogP) is 0.525. The third-order valence-corrected chi connectivity index (χ3v) is 3.22. The van der Waals surface area contributed by atoms with Gasteiger partial charge in [-0.2, -0.15) is 5.10 Å². The van der Waals surface area contributed by atoms with E-state index < -0.39 is 6.10 Å². The van der Waals surface area contributed by atoms with Crippen molar-refractivity contribution in [3.63, 3.8) is 0 Å². The van der Waals surface area contributed by atoms with E-state index in [1.165, 1.54) is 6.33 Å². The zero-order chi connectivity index (χ0) is 10.2. The fraction of sp³-hybridized carbons (Fsp3) is 0.400. The van der Waals surface area contributed by atoms with Gasteiger partial charge >= 0.3 is 0 Å². The molecule has 0 spiro atoms. The molecule has 3 atom stereocenters. The molecule has 5 heteroatoms. The Kier molecular flexibility index (Phi) is 1.14. The molecule has 3 heterocycles. The van der Waals surface area contributed by atoms with Gasteiger partial charge in [0.15, 0.2) is 0 Å². The van der Waals surface area contributed by atoms with Crippen molar-refractivity contribution in [2.24, 2.45) is 0 Å². The largest absolute Gasteiger partial charge is 0.385 e. The zero-order valence-corrected chi connectivity index (χ0v) is 8.08. The molecule has 0 bridgehead atoms. The maximum absolute atomic E-state index is 10.0. The lowest BCUT2D eigenvalue weighted by Crippen LogP contribution is -2.13. The number of rotatable bonds is 0. The summed E-state index contributed by atoms with van der Waals surface area (Å²) in [7, 11) is 0. The van der Waals surface area contributed by atoms with Crippen molar-refractivity contribution in [2.75, 3.05) is 0 Å². The second kappa shape index (κ2) is 2.20. The lowest BCUT2D eigenvalue weighted by Gasteiger charge is -2.12. The van der Waals surface area contributed by atoms with Crippen LogP contribution in [0.15, 0.2) is 12.4 Å². The second-order valence-electron chi connectivity index (χ2n) is 4.11. The van der Waals surface area contributed by atoms with E-state index in [-0.39, 0.29) is 12.2 Å². The van der Waals surface area contributed by atoms with E-state index in [0.717, 1.165) is 22.5 Å². The number of aliphatic hydroxyl groups excluding tert-OH is 1. The molecule has 1 fully saturated rings. The highest BCUT2D eigenvalue weighted by atomic mass is 16.6. The SMILES string of the molecule is Cc1cc2c3c(ncnn13)C1OC1C2O. The minimum Gasteiger partial charge on any atom is -0.385 e. The Morgan fingerprint density at radius 2 is 2.40 bits per heavy atom. The highest BCUT2D eigenvalue weighted by molar-refractivity contribution is 5.65. The average Bonchev–Trinajstić information content (AvgIpc) is 2.97. The predicted molar refractivity (Wildman–Crippen MR) is 50.3 cm³/mol. The van der Waals surface area contributed by atoms with Crippen LogP contribution in [-0.4, -0.2) is 25.8 Å². The Labute approximate surface area is 85.3 Å². The molecule has 0 aromatic carbocycles. The van der Waals surface area contributed by atoms with Crippen LogP contribution in [0.3, 0.4) is 0 Å². The molecular weight excluding hydrogens is 194 g/mol. The molecule has 4 rings (SSSR count). The van der Waals surface area contributed by atoms with Crippen LogP contribution in [0.5, 0.6) is 0 Å². The smallest absolute Gasteiger partial charge is 0.136 e. The summed E-state index contributed by atoms with van der Waals surface area (Å²) in [6.07, 6.45) is 0.873. The Morgan fingerprint density at radius 1 is 1.53 bits per heavy atom. The summed E-state index contributed by atoms with van der Waals surface area (Å²) in [5, 5.41) is 14.2. The van der Waals surface area contributed by atoms with Crippen LogP contribution in [0.1, 0.15) is 29.2 Å². The van der Waals surface area contributed by atoms with Crippen LogP contribution < -0.4 is 0 Å². The van der Waals surface area contributed by atoms with Gasteiger partial charge in [0.25, 0.3) is 0 Å². The highest BCUT2D eigenvalue weighted by Crippen LogP contribution is 2.51. The van der Waals surface area contributed by atoms with E-state index in [4.69, 9.17) is 4.74 Å². The normalized spacial score (nSPS) is 31.7. The van der Waals surface area contributed by atoms with Crippen molar-refractivity contribution in [3.05, 3.63) is 29.3 Å². The van der Waals surface area contributed by atoms with Gasteiger partial charge in [0.2, 0.25) is 0 Å². The van der Waals surface area contributed by atoms with Gasteiger partial charge in [-0.3, -0.25) is 0 Å². The second-order valence-corrected chi connectivity index (χ2v) is 4.11. The summed E-state index contributed by atoms with van der Waals surface area (Å²) in [6.45, 7) is 1.97. The van der Waals surface area contributed by atoms with Crippen molar-refractivity contribution in [2.45, 2.75) is 25.2 Å². The quantitative estimate of drug-likeness (QED) is 0.634. The lowest BCUT2D eigenvalue weighted by atomic mass is 9.98. The minimum absolute atomic E-state index is 0.0349. The molecule has 0 radical (unpaired) electrons. The first kappa shape index (κ1) is 7.78. The van der Waals surface area contributed by atoms with E-state index in [1.807, 2.05) is 17.5 Å². The third-order valence-electron chi connectivity index (χ3n) is 3.22. The van der Waals surface area contributed by atoms with Crippen LogP contribution in [0, 0.1) is 6.92 Å². The van der Waals surface area contributed by atoms with Crippen LogP contribution >= 0.6 is 0 Å². The first-order valence-electron chi connectivity index (χ1n) is 4.94. The Hall–Kier alpha value is -1.46. The molecular formula is C10H9N3O2. The van der Waals surface area contributed by atoms with Crippen molar-refractivity contribution >= 4 is 5.52 Å². The van der Waals surface area contributed by atoms with Gasteiger partial charge in [0.1, 0.15) is 24.6 Å². The number of aryl methyl sites for hydroxylation is 1. The number of aromatic nitrogens is 3. The summed E-state index contributed by atoms with van der Waals surface area (Å²) in [5.74, 6) is 0. The van der Waals surface area contributed by atoms with Crippen LogP contribution in [0.4, 0.5) is 0 Å². The number of nitrogens with zero attached hydrogens (tertiary/aromatic N) is 3. The zero-order valence-electron chi connectivity index (χ0n) is 8.08. The van der Waals surface area contributed by atoms with E-state index in [0.29, 0.717) is 0 Å². The standard InChI is InChI=1S/C10H9N3O2/c1-4-2-5-7-6(11-3-12-13(4)7)9-10(15-9)8(5)14/h2-3,8-10,14H,1H3. The summed E-state index contributed by atoms with van der Waals surface area (Å²) < 4.78 is 7.23. The van der Waals surface area contributed by atoms with Gasteiger partial charge in [-0.25, -0.2) is 9.50 Å². The molecule has 0 saturated carbocycles. The Morgan fingerprint density at radius 3 is 3.27 bits per heavy atom. The van der Waals surface area contributed by atoms with Crippen molar-refractivity contribution in [1.29, 1.82) is 0 Å². The number of ether oxygens (including phenoxy) is 1. The van der Waals surface area contributed by atoms with Crippen molar-refractivity contribution in [1.82, 2.24) is 14.6 Å². The first-order valence-corrected chi connectivity index (χ1v) is 4.94. The number of hydrogen-bond donors (Lipinski definition) is 1. The van der Waals surface area contributed by atoms with Crippen molar-refractivity contribution < 1.29 is 9.84 Å². The maximum Gasteiger partial charge on any atom is 0.136 e. The van der Waals surface area contributed by atoms with Gasteiger partial charge in [0.05, 0.1) is 11.2 Å². The monoisotopic (exact) mass is 203 g/mol. The fourth-order valence-corrected chi connectivity index (χ4v) is 2.45. The molecule has 0 amide bonds. The molecule has 3 unspecified atom stereocenters. The van der Waals surface area contributed by atoms with Crippen LogP contribution in [-0.2, 0) is 4.74 Å². The summed E-state index contributed by atoms with van der Waals surface area (Å²) >= 11 is 0. The molecule has 1 aliphatic heterocycles.